The van der Waals surface area contributed by atoms with Gasteiger partial charge in [-0.3, -0.25) is 14.6 Å². The van der Waals surface area contributed by atoms with Gasteiger partial charge in [0.25, 0.3) is 0 Å². The first-order valence-corrected chi connectivity index (χ1v) is 9.51. The van der Waals surface area contributed by atoms with Gasteiger partial charge in [0, 0.05) is 32.7 Å². The van der Waals surface area contributed by atoms with E-state index in [0.29, 0.717) is 6.54 Å². The van der Waals surface area contributed by atoms with Gasteiger partial charge in [-0.15, -0.1) is 0 Å². The molecule has 25 heavy (non-hydrogen) atoms. The van der Waals surface area contributed by atoms with Gasteiger partial charge in [0.1, 0.15) is 0 Å². The molecule has 0 unspecified atom stereocenters. The van der Waals surface area contributed by atoms with Crippen molar-refractivity contribution in [2.75, 3.05) is 32.7 Å². The normalized spacial score (nSPS) is 20.0. The Hall–Kier alpha value is -1.43. The first-order valence-electron chi connectivity index (χ1n) is 9.51. The summed E-state index contributed by atoms with van der Waals surface area (Å²) in [6, 6.07) is 10.2. The van der Waals surface area contributed by atoms with E-state index in [9.17, 15) is 9.90 Å². The minimum atomic E-state index is -0.298. The molecule has 0 aliphatic carbocycles. The summed E-state index contributed by atoms with van der Waals surface area (Å²) in [4.78, 5) is 17.3. The topological polar surface area (TPSA) is 55.8 Å². The van der Waals surface area contributed by atoms with Gasteiger partial charge < -0.3 is 10.4 Å². The Morgan fingerprint density at radius 2 is 1.80 bits per heavy atom. The smallest absolute Gasteiger partial charge is 0.237 e. The largest absolute Gasteiger partial charge is 0.392 e. The average Bonchev–Trinajstić information content (AvgIpc) is 2.61. The second kappa shape index (κ2) is 9.90. The van der Waals surface area contributed by atoms with Crippen LogP contribution in [0.4, 0.5) is 0 Å². The Balaban J connectivity index is 1.88. The highest BCUT2D eigenvalue weighted by Crippen LogP contribution is 2.19. The van der Waals surface area contributed by atoms with E-state index in [1.54, 1.807) is 0 Å². The van der Waals surface area contributed by atoms with Crippen molar-refractivity contribution in [1.29, 1.82) is 0 Å². The number of amides is 1. The summed E-state index contributed by atoms with van der Waals surface area (Å²) in [5.74, 6) is 0.103. The van der Waals surface area contributed by atoms with Crippen molar-refractivity contribution >= 4 is 5.91 Å². The minimum absolute atomic E-state index is 0.0812. The van der Waals surface area contributed by atoms with Gasteiger partial charge >= 0.3 is 0 Å². The van der Waals surface area contributed by atoms with Gasteiger partial charge in [-0.2, -0.15) is 0 Å². The fourth-order valence-corrected chi connectivity index (χ4v) is 3.46. The molecule has 5 heteroatoms. The summed E-state index contributed by atoms with van der Waals surface area (Å²) >= 11 is 0. The van der Waals surface area contributed by atoms with Crippen molar-refractivity contribution in [3.8, 4) is 0 Å². The highest BCUT2D eigenvalue weighted by Gasteiger charge is 2.27. The summed E-state index contributed by atoms with van der Waals surface area (Å²) in [5.41, 5.74) is 1.17. The van der Waals surface area contributed by atoms with E-state index < -0.39 is 0 Å². The number of hydrogen-bond acceptors (Lipinski definition) is 4. The number of carbonyl (C=O) groups is 1. The molecule has 1 aromatic carbocycles. The molecule has 0 spiro atoms. The van der Waals surface area contributed by atoms with Crippen molar-refractivity contribution in [3.05, 3.63) is 35.9 Å². The number of rotatable bonds is 8. The molecule has 0 saturated carbocycles. The molecule has 0 bridgehead atoms. The summed E-state index contributed by atoms with van der Waals surface area (Å²) in [6.07, 6.45) is 1.68. The Morgan fingerprint density at radius 3 is 2.36 bits per heavy atom. The molecule has 0 aromatic heterocycles. The quantitative estimate of drug-likeness (QED) is 0.755. The molecular formula is C20H33N3O2. The first-order chi connectivity index (χ1) is 12.0. The number of hydrogen-bond donors (Lipinski definition) is 2. The highest BCUT2D eigenvalue weighted by atomic mass is 16.3. The lowest BCUT2D eigenvalue weighted by molar-refractivity contribution is -0.127. The van der Waals surface area contributed by atoms with Crippen molar-refractivity contribution in [2.45, 2.75) is 51.8 Å². The lowest BCUT2D eigenvalue weighted by Gasteiger charge is -2.38. The molecule has 0 radical (unpaired) electrons. The summed E-state index contributed by atoms with van der Waals surface area (Å²) < 4.78 is 0. The third-order valence-electron chi connectivity index (χ3n) is 4.95. The first kappa shape index (κ1) is 19.9. The van der Waals surface area contributed by atoms with Gasteiger partial charge in [0.05, 0.1) is 18.2 Å². The fraction of sp³-hybridized carbons (Fsp3) is 0.650. The highest BCUT2D eigenvalue weighted by molar-refractivity contribution is 5.81. The molecule has 1 fully saturated rings. The number of carbonyl (C=O) groups excluding carboxylic acids is 1. The third kappa shape index (κ3) is 6.10. The van der Waals surface area contributed by atoms with Gasteiger partial charge in [0.15, 0.2) is 0 Å². The molecule has 3 atom stereocenters. The van der Waals surface area contributed by atoms with Crippen LogP contribution in [-0.2, 0) is 4.79 Å². The molecule has 1 amide bonds. The maximum atomic E-state index is 12.8. The van der Waals surface area contributed by atoms with Crippen molar-refractivity contribution < 1.29 is 9.90 Å². The van der Waals surface area contributed by atoms with Crippen LogP contribution in [0, 0.1) is 0 Å². The van der Waals surface area contributed by atoms with Crippen LogP contribution in [0.2, 0.25) is 0 Å². The van der Waals surface area contributed by atoms with E-state index in [0.717, 1.165) is 39.0 Å². The molecule has 1 aliphatic heterocycles. The third-order valence-corrected chi connectivity index (χ3v) is 4.95. The van der Waals surface area contributed by atoms with E-state index in [-0.39, 0.29) is 24.1 Å². The predicted molar refractivity (Wildman–Crippen MR) is 101 cm³/mol. The minimum Gasteiger partial charge on any atom is -0.392 e. The zero-order chi connectivity index (χ0) is 18.2. The summed E-state index contributed by atoms with van der Waals surface area (Å²) in [7, 11) is 0. The zero-order valence-corrected chi connectivity index (χ0v) is 15.8. The SMILES string of the molecule is CCC[C@H](NC(=O)[C@H](C)N1CCN(C[C@H](C)O)CC1)c1ccccc1. The number of nitrogens with zero attached hydrogens (tertiary/aromatic N) is 2. The standard InChI is InChI=1S/C20H33N3O2/c1-4-8-19(18-9-6-5-7-10-18)21-20(25)17(3)23-13-11-22(12-14-23)15-16(2)24/h5-7,9-10,16-17,19,24H,4,8,11-15H2,1-3H3,(H,21,25)/t16-,17-,19-/m0/s1. The number of aliphatic hydroxyl groups is 1. The molecule has 1 saturated heterocycles. The Kier molecular flexibility index (Phi) is 7.88. The molecule has 2 rings (SSSR count). The zero-order valence-electron chi connectivity index (χ0n) is 15.8. The van der Waals surface area contributed by atoms with Crippen LogP contribution < -0.4 is 5.32 Å². The van der Waals surface area contributed by atoms with E-state index >= 15 is 0 Å². The monoisotopic (exact) mass is 347 g/mol. The number of piperazine rings is 1. The van der Waals surface area contributed by atoms with Gasteiger partial charge in [-0.05, 0) is 25.8 Å². The molecule has 1 aliphatic rings. The van der Waals surface area contributed by atoms with Crippen molar-refractivity contribution in [1.82, 2.24) is 15.1 Å². The van der Waals surface area contributed by atoms with E-state index in [1.807, 2.05) is 32.0 Å². The second-order valence-electron chi connectivity index (χ2n) is 7.12. The van der Waals surface area contributed by atoms with Crippen LogP contribution >= 0.6 is 0 Å². The number of aliphatic hydroxyl groups excluding tert-OH is 1. The maximum Gasteiger partial charge on any atom is 0.237 e. The lowest BCUT2D eigenvalue weighted by atomic mass is 10.0. The average molecular weight is 348 g/mol. The second-order valence-corrected chi connectivity index (χ2v) is 7.12. The Bertz CT molecular complexity index is 513. The molecule has 1 aromatic rings. The number of β-amino-alcohol motifs (C(OH)–C–C–N with tert-alkyl or cyclic N) is 1. The molecule has 140 valence electrons. The van der Waals surface area contributed by atoms with Gasteiger partial charge in [-0.1, -0.05) is 43.7 Å². The predicted octanol–water partition coefficient (Wildman–Crippen LogP) is 2.03. The molecule has 1 heterocycles. The van der Waals surface area contributed by atoms with Crippen LogP contribution in [0.25, 0.3) is 0 Å². The van der Waals surface area contributed by atoms with Crippen LogP contribution in [-0.4, -0.2) is 65.7 Å². The fourth-order valence-electron chi connectivity index (χ4n) is 3.46. The van der Waals surface area contributed by atoms with Crippen molar-refractivity contribution in [2.24, 2.45) is 0 Å². The lowest BCUT2D eigenvalue weighted by Crippen LogP contribution is -2.54. The summed E-state index contributed by atoms with van der Waals surface area (Å²) in [6.45, 7) is 10.2. The van der Waals surface area contributed by atoms with Gasteiger partial charge in [0.2, 0.25) is 5.91 Å². The van der Waals surface area contributed by atoms with E-state index in [1.165, 1.54) is 5.56 Å². The van der Waals surface area contributed by atoms with Gasteiger partial charge in [-0.25, -0.2) is 0 Å². The van der Waals surface area contributed by atoms with Crippen LogP contribution in [0.5, 0.6) is 0 Å². The van der Waals surface area contributed by atoms with E-state index in [2.05, 4.69) is 34.2 Å². The Morgan fingerprint density at radius 1 is 1.16 bits per heavy atom. The molecule has 2 N–H and O–H groups in total. The molecular weight excluding hydrogens is 314 g/mol. The number of benzene rings is 1. The summed E-state index contributed by atoms with van der Waals surface area (Å²) in [5, 5.41) is 12.7. The van der Waals surface area contributed by atoms with Crippen LogP contribution in [0.1, 0.15) is 45.2 Å². The molecule has 5 nitrogen and oxygen atoms in total. The van der Waals surface area contributed by atoms with Crippen LogP contribution in [0.3, 0.4) is 0 Å². The van der Waals surface area contributed by atoms with E-state index in [4.69, 9.17) is 0 Å². The number of nitrogens with one attached hydrogen (secondary N) is 1. The van der Waals surface area contributed by atoms with Crippen LogP contribution in [0.15, 0.2) is 30.3 Å². The van der Waals surface area contributed by atoms with Crippen molar-refractivity contribution in [3.63, 3.8) is 0 Å². The Labute approximate surface area is 152 Å². The maximum absolute atomic E-state index is 12.8.